The van der Waals surface area contributed by atoms with Gasteiger partial charge in [0.1, 0.15) is 17.2 Å². The van der Waals surface area contributed by atoms with Crippen molar-refractivity contribution >= 4 is 23.6 Å². The van der Waals surface area contributed by atoms with Crippen molar-refractivity contribution in [3.05, 3.63) is 48.3 Å². The number of nitrogens with zero attached hydrogens (tertiary/aromatic N) is 4. The smallest absolute Gasteiger partial charge is 0.416 e. The number of hydrogen-bond donors (Lipinski definition) is 1. The van der Waals surface area contributed by atoms with Gasteiger partial charge in [0.2, 0.25) is 0 Å². The maximum absolute atomic E-state index is 12.6. The van der Waals surface area contributed by atoms with Crippen LogP contribution >= 0.6 is 0 Å². The van der Waals surface area contributed by atoms with E-state index in [0.717, 1.165) is 64.0 Å². The van der Waals surface area contributed by atoms with Crippen LogP contribution in [0.15, 0.2) is 42.7 Å². The number of carbonyl (C=O) groups excluding carboxylic acids is 2. The number of rotatable bonds is 5. The number of likely N-dealkylation sites (tertiary alicyclic amines) is 1. The summed E-state index contributed by atoms with van der Waals surface area (Å²) in [6.07, 6.45) is 10.1. The Kier molecular flexibility index (Phi) is 6.15. The molecule has 8 nitrogen and oxygen atoms in total. The fourth-order valence-electron chi connectivity index (χ4n) is 5.13. The highest BCUT2D eigenvalue weighted by Crippen LogP contribution is 2.40. The Balaban J connectivity index is 1.10. The molecule has 0 bridgehead atoms. The first kappa shape index (κ1) is 21.7. The van der Waals surface area contributed by atoms with Gasteiger partial charge in [0.25, 0.3) is 5.91 Å². The van der Waals surface area contributed by atoms with E-state index in [-0.39, 0.29) is 12.0 Å². The molecule has 2 amide bonds. The minimum absolute atomic E-state index is 0.0807. The van der Waals surface area contributed by atoms with E-state index >= 15 is 0 Å². The zero-order valence-electron chi connectivity index (χ0n) is 18.9. The lowest BCUT2D eigenvalue weighted by Gasteiger charge is -2.35. The Morgan fingerprint density at radius 3 is 2.61 bits per heavy atom. The monoisotopic (exact) mass is 449 g/mol. The maximum Gasteiger partial charge on any atom is 0.416 e. The Labute approximate surface area is 194 Å². The first-order valence-electron chi connectivity index (χ1n) is 12.0. The van der Waals surface area contributed by atoms with Crippen molar-refractivity contribution in [3.63, 3.8) is 0 Å². The number of nitrogens with one attached hydrogen (secondary N) is 1. The molecule has 33 heavy (non-hydrogen) atoms. The van der Waals surface area contributed by atoms with Crippen molar-refractivity contribution in [1.82, 2.24) is 14.9 Å². The number of carbonyl (C=O) groups is 2. The second-order valence-electron chi connectivity index (χ2n) is 9.43. The maximum atomic E-state index is 12.6. The lowest BCUT2D eigenvalue weighted by atomic mass is 9.78. The second kappa shape index (κ2) is 9.37. The van der Waals surface area contributed by atoms with Crippen LogP contribution in [0.3, 0.4) is 0 Å². The number of pyridine rings is 2. The van der Waals surface area contributed by atoms with E-state index < -0.39 is 5.60 Å². The summed E-state index contributed by atoms with van der Waals surface area (Å²) in [7, 11) is 0. The molecule has 0 atom stereocenters. The van der Waals surface area contributed by atoms with Crippen LogP contribution in [0.25, 0.3) is 0 Å². The fourth-order valence-corrected chi connectivity index (χ4v) is 5.13. The van der Waals surface area contributed by atoms with E-state index in [1.165, 1.54) is 6.42 Å². The fraction of sp³-hybridized carbons (Fsp3) is 0.520. The Hall–Kier alpha value is -3.16. The van der Waals surface area contributed by atoms with E-state index in [0.29, 0.717) is 23.8 Å². The van der Waals surface area contributed by atoms with E-state index in [4.69, 9.17) is 4.74 Å². The molecule has 2 aromatic heterocycles. The van der Waals surface area contributed by atoms with Crippen LogP contribution in [0.1, 0.15) is 55.3 Å². The van der Waals surface area contributed by atoms with Gasteiger partial charge in [-0.1, -0.05) is 6.07 Å². The van der Waals surface area contributed by atoms with Crippen molar-refractivity contribution in [2.24, 2.45) is 5.92 Å². The lowest BCUT2D eigenvalue weighted by molar-refractivity contribution is 0.0148. The van der Waals surface area contributed by atoms with Gasteiger partial charge in [-0.15, -0.1) is 0 Å². The molecule has 1 aliphatic carbocycles. The molecule has 2 saturated heterocycles. The molecular formula is C25H31N5O3. The molecule has 5 rings (SSSR count). The zero-order valence-corrected chi connectivity index (χ0v) is 18.9. The van der Waals surface area contributed by atoms with Gasteiger partial charge in [0.15, 0.2) is 0 Å². The van der Waals surface area contributed by atoms with Crippen molar-refractivity contribution in [3.8, 4) is 0 Å². The summed E-state index contributed by atoms with van der Waals surface area (Å²) in [6, 6.07) is 9.33. The van der Waals surface area contributed by atoms with Crippen LogP contribution in [0, 0.1) is 5.92 Å². The first-order chi connectivity index (χ1) is 16.1. The highest BCUT2D eigenvalue weighted by molar-refractivity contribution is 5.94. The van der Waals surface area contributed by atoms with Crippen LogP contribution in [0.2, 0.25) is 0 Å². The topological polar surface area (TPSA) is 87.7 Å². The van der Waals surface area contributed by atoms with Crippen LogP contribution in [0.4, 0.5) is 16.4 Å². The molecule has 174 valence electrons. The molecule has 1 N–H and O–H groups in total. The summed E-state index contributed by atoms with van der Waals surface area (Å²) in [5, 5.41) is 3.42. The highest BCUT2D eigenvalue weighted by atomic mass is 16.6. The van der Waals surface area contributed by atoms with Gasteiger partial charge in [0.05, 0.1) is 12.1 Å². The third kappa shape index (κ3) is 4.79. The Bertz CT molecular complexity index is 967. The molecule has 0 unspecified atom stereocenters. The SMILES string of the molecule is O=C(c1ccc(NCC2CCC3(CC2)CN(c2ccccn2)C(=O)O3)nc1)N1CCCCC1. The first-order valence-corrected chi connectivity index (χ1v) is 12.0. The Morgan fingerprint density at radius 2 is 1.91 bits per heavy atom. The van der Waals surface area contributed by atoms with Gasteiger partial charge >= 0.3 is 6.09 Å². The number of aromatic nitrogens is 2. The Morgan fingerprint density at radius 1 is 1.09 bits per heavy atom. The normalized spacial score (nSPS) is 25.2. The zero-order chi connectivity index (χ0) is 22.7. The van der Waals surface area contributed by atoms with Gasteiger partial charge in [0, 0.05) is 32.0 Å². The van der Waals surface area contributed by atoms with E-state index in [2.05, 4.69) is 15.3 Å². The molecule has 4 heterocycles. The van der Waals surface area contributed by atoms with Gasteiger partial charge < -0.3 is 15.0 Å². The summed E-state index contributed by atoms with van der Waals surface area (Å²) in [4.78, 5) is 37.4. The second-order valence-corrected chi connectivity index (χ2v) is 9.43. The number of anilines is 2. The number of ether oxygens (including phenoxy) is 1. The molecule has 0 aromatic carbocycles. The molecule has 8 heteroatoms. The molecule has 2 aliphatic heterocycles. The van der Waals surface area contributed by atoms with Gasteiger partial charge in [-0.3, -0.25) is 9.69 Å². The molecule has 1 saturated carbocycles. The third-order valence-electron chi connectivity index (χ3n) is 7.14. The van der Waals surface area contributed by atoms with Crippen LogP contribution in [0.5, 0.6) is 0 Å². The van der Waals surface area contributed by atoms with E-state index in [1.54, 1.807) is 17.3 Å². The van der Waals surface area contributed by atoms with Crippen LogP contribution in [-0.4, -0.2) is 58.6 Å². The van der Waals surface area contributed by atoms with Crippen LogP contribution in [-0.2, 0) is 4.74 Å². The van der Waals surface area contributed by atoms with E-state index in [1.807, 2.05) is 35.2 Å². The quantitative estimate of drug-likeness (QED) is 0.739. The number of amides is 2. The average Bonchev–Trinajstić information content (AvgIpc) is 3.20. The van der Waals surface area contributed by atoms with Crippen molar-refractivity contribution < 1.29 is 14.3 Å². The van der Waals surface area contributed by atoms with Crippen molar-refractivity contribution in [2.75, 3.05) is 36.4 Å². The lowest BCUT2D eigenvalue weighted by Crippen LogP contribution is -2.39. The summed E-state index contributed by atoms with van der Waals surface area (Å²) in [5.41, 5.74) is 0.252. The number of hydrogen-bond acceptors (Lipinski definition) is 6. The summed E-state index contributed by atoms with van der Waals surface area (Å²) in [5.74, 6) is 2.02. The summed E-state index contributed by atoms with van der Waals surface area (Å²) in [6.45, 7) is 3.07. The molecule has 3 aliphatic rings. The summed E-state index contributed by atoms with van der Waals surface area (Å²) < 4.78 is 5.83. The largest absolute Gasteiger partial charge is 0.441 e. The highest BCUT2D eigenvalue weighted by Gasteiger charge is 2.47. The minimum atomic E-state index is -0.403. The van der Waals surface area contributed by atoms with Crippen molar-refractivity contribution in [2.45, 2.75) is 50.5 Å². The number of piperidine rings is 1. The predicted octanol–water partition coefficient (Wildman–Crippen LogP) is 4.10. The summed E-state index contributed by atoms with van der Waals surface area (Å²) >= 11 is 0. The van der Waals surface area contributed by atoms with Gasteiger partial charge in [-0.25, -0.2) is 14.8 Å². The molecule has 3 fully saturated rings. The molecule has 0 radical (unpaired) electrons. The standard InChI is InChI=1S/C25H31N5O3/c31-23(29-14-4-1-5-15-29)20-7-8-21(28-17-20)27-16-19-9-11-25(12-10-19)18-30(24(32)33-25)22-6-2-3-13-26-22/h2-3,6-8,13,17,19H,1,4-5,9-12,14-16,18H2,(H,27,28). The van der Waals surface area contributed by atoms with Gasteiger partial charge in [-0.2, -0.15) is 0 Å². The third-order valence-corrected chi connectivity index (χ3v) is 7.14. The van der Waals surface area contributed by atoms with Crippen molar-refractivity contribution in [1.29, 1.82) is 0 Å². The van der Waals surface area contributed by atoms with Crippen LogP contribution < -0.4 is 10.2 Å². The van der Waals surface area contributed by atoms with E-state index in [9.17, 15) is 9.59 Å². The molecule has 1 spiro atoms. The molecule has 2 aromatic rings. The minimum Gasteiger partial charge on any atom is -0.441 e. The van der Waals surface area contributed by atoms with Gasteiger partial charge in [-0.05, 0) is 75.1 Å². The predicted molar refractivity (Wildman–Crippen MR) is 125 cm³/mol. The average molecular weight is 450 g/mol. The molecular weight excluding hydrogens is 418 g/mol.